The number of hydrogen-bond donors (Lipinski definition) is 0. The van der Waals surface area contributed by atoms with Crippen LogP contribution in [0.25, 0.3) is 0 Å². The molecule has 0 bridgehead atoms. The van der Waals surface area contributed by atoms with E-state index in [0.717, 1.165) is 11.0 Å². The van der Waals surface area contributed by atoms with E-state index in [4.69, 9.17) is 23.2 Å². The fourth-order valence-electron chi connectivity index (χ4n) is 2.36. The van der Waals surface area contributed by atoms with Gasteiger partial charge in [-0.1, -0.05) is 29.3 Å². The molecule has 116 valence electrons. The number of amides is 2. The number of hydrogen-bond acceptors (Lipinski definition) is 4. The minimum Gasteiger partial charge on any atom is -0.270 e. The summed E-state index contributed by atoms with van der Waals surface area (Å²) in [5, 5.41) is 11.6. The average Bonchev–Trinajstić information content (AvgIpc) is 2.74. The third kappa shape index (κ3) is 2.67. The highest BCUT2D eigenvalue weighted by Gasteiger charge is 2.36. The lowest BCUT2D eigenvalue weighted by Crippen LogP contribution is -2.29. The number of carbonyl (C=O) groups excluding carboxylic acids is 2. The minimum absolute atomic E-state index is 0.0225. The Morgan fingerprint density at radius 3 is 2.35 bits per heavy atom. The van der Waals surface area contributed by atoms with Gasteiger partial charge in [-0.2, -0.15) is 0 Å². The summed E-state index contributed by atoms with van der Waals surface area (Å²) in [7, 11) is 0. The van der Waals surface area contributed by atoms with Crippen molar-refractivity contribution in [1.82, 2.24) is 4.90 Å². The van der Waals surface area contributed by atoms with Crippen LogP contribution in [0.5, 0.6) is 0 Å². The zero-order valence-corrected chi connectivity index (χ0v) is 13.0. The summed E-state index contributed by atoms with van der Waals surface area (Å²) in [6.45, 7) is -0.0316. The number of nitro groups is 1. The van der Waals surface area contributed by atoms with Crippen LogP contribution in [0.4, 0.5) is 5.69 Å². The Kier molecular flexibility index (Phi) is 3.79. The Labute approximate surface area is 140 Å². The van der Waals surface area contributed by atoms with Crippen molar-refractivity contribution in [1.29, 1.82) is 0 Å². The SMILES string of the molecule is O=C1c2ccc([N+](=O)[O-])cc2C(=O)N1Cc1ccc(Cl)cc1Cl. The highest BCUT2D eigenvalue weighted by Crippen LogP contribution is 2.30. The highest BCUT2D eigenvalue weighted by molar-refractivity contribution is 6.35. The highest BCUT2D eigenvalue weighted by atomic mass is 35.5. The Morgan fingerprint density at radius 1 is 1.00 bits per heavy atom. The smallest absolute Gasteiger partial charge is 0.270 e. The minimum atomic E-state index is -0.614. The van der Waals surface area contributed by atoms with Gasteiger partial charge in [-0.25, -0.2) is 0 Å². The van der Waals surface area contributed by atoms with Crippen molar-refractivity contribution in [2.75, 3.05) is 0 Å². The number of benzene rings is 2. The van der Waals surface area contributed by atoms with E-state index in [-0.39, 0.29) is 23.4 Å². The predicted molar refractivity (Wildman–Crippen MR) is 83.8 cm³/mol. The Bertz CT molecular complexity index is 867. The number of nitro benzene ring substituents is 1. The van der Waals surface area contributed by atoms with Crippen LogP contribution in [0.2, 0.25) is 10.0 Å². The number of rotatable bonds is 3. The van der Waals surface area contributed by atoms with Gasteiger partial charge in [0.25, 0.3) is 17.5 Å². The van der Waals surface area contributed by atoms with Crippen LogP contribution in [0.15, 0.2) is 36.4 Å². The summed E-state index contributed by atoms with van der Waals surface area (Å²) in [6, 6.07) is 8.34. The van der Waals surface area contributed by atoms with Crippen LogP contribution in [-0.2, 0) is 6.54 Å². The van der Waals surface area contributed by atoms with E-state index in [2.05, 4.69) is 0 Å². The molecule has 2 aromatic rings. The number of imide groups is 1. The molecule has 2 aromatic carbocycles. The van der Waals surface area contributed by atoms with E-state index in [0.29, 0.717) is 15.6 Å². The molecular formula is C15H8Cl2N2O4. The maximum absolute atomic E-state index is 12.4. The molecule has 23 heavy (non-hydrogen) atoms. The van der Waals surface area contributed by atoms with Crippen LogP contribution < -0.4 is 0 Å². The molecule has 0 aromatic heterocycles. The Hall–Kier alpha value is -2.44. The van der Waals surface area contributed by atoms with Crippen molar-refractivity contribution in [3.05, 3.63) is 73.2 Å². The van der Waals surface area contributed by atoms with Gasteiger partial charge in [0.05, 0.1) is 22.6 Å². The summed E-state index contributed by atoms with van der Waals surface area (Å²) in [6.07, 6.45) is 0. The summed E-state index contributed by atoms with van der Waals surface area (Å²) >= 11 is 11.9. The molecule has 8 heteroatoms. The zero-order valence-electron chi connectivity index (χ0n) is 11.5. The van der Waals surface area contributed by atoms with E-state index in [9.17, 15) is 19.7 Å². The Morgan fingerprint density at radius 2 is 1.70 bits per heavy atom. The van der Waals surface area contributed by atoms with E-state index >= 15 is 0 Å². The third-order valence-electron chi connectivity index (χ3n) is 3.51. The monoisotopic (exact) mass is 350 g/mol. The van der Waals surface area contributed by atoms with Gasteiger partial charge in [0.2, 0.25) is 0 Å². The molecule has 2 amide bonds. The number of non-ortho nitro benzene ring substituents is 1. The van der Waals surface area contributed by atoms with Gasteiger partial charge in [0, 0.05) is 22.2 Å². The van der Waals surface area contributed by atoms with Crippen molar-refractivity contribution in [3.8, 4) is 0 Å². The Balaban J connectivity index is 1.95. The van der Waals surface area contributed by atoms with Crippen LogP contribution >= 0.6 is 23.2 Å². The first kappa shape index (κ1) is 15.5. The van der Waals surface area contributed by atoms with E-state index < -0.39 is 16.7 Å². The number of fused-ring (bicyclic) bond motifs is 1. The molecule has 0 unspecified atom stereocenters. The van der Waals surface area contributed by atoms with Crippen LogP contribution in [0, 0.1) is 10.1 Å². The zero-order chi connectivity index (χ0) is 16.7. The van der Waals surface area contributed by atoms with Gasteiger partial charge >= 0.3 is 0 Å². The summed E-state index contributed by atoms with van der Waals surface area (Å²) in [4.78, 5) is 35.9. The van der Waals surface area contributed by atoms with Crippen molar-refractivity contribution in [2.24, 2.45) is 0 Å². The second-order valence-electron chi connectivity index (χ2n) is 4.92. The molecule has 1 aliphatic rings. The van der Waals surface area contributed by atoms with Crippen molar-refractivity contribution < 1.29 is 14.5 Å². The van der Waals surface area contributed by atoms with E-state index in [1.165, 1.54) is 18.2 Å². The molecular weight excluding hydrogens is 343 g/mol. The second-order valence-corrected chi connectivity index (χ2v) is 5.76. The van der Waals surface area contributed by atoms with Crippen molar-refractivity contribution >= 4 is 40.7 Å². The molecule has 6 nitrogen and oxygen atoms in total. The molecule has 0 atom stereocenters. The molecule has 0 radical (unpaired) electrons. The average molecular weight is 351 g/mol. The first-order chi connectivity index (χ1) is 10.9. The molecule has 0 saturated heterocycles. The summed E-state index contributed by atoms with van der Waals surface area (Å²) in [5.74, 6) is -1.09. The lowest BCUT2D eigenvalue weighted by Gasteiger charge is -2.14. The van der Waals surface area contributed by atoms with Gasteiger partial charge in [-0.3, -0.25) is 24.6 Å². The fraction of sp³-hybridized carbons (Fsp3) is 0.0667. The largest absolute Gasteiger partial charge is 0.270 e. The summed E-state index contributed by atoms with van der Waals surface area (Å²) < 4.78 is 0. The second kappa shape index (κ2) is 5.64. The lowest BCUT2D eigenvalue weighted by atomic mass is 10.1. The van der Waals surface area contributed by atoms with Crippen LogP contribution in [-0.4, -0.2) is 21.6 Å². The van der Waals surface area contributed by atoms with E-state index in [1.54, 1.807) is 12.1 Å². The first-order valence-electron chi connectivity index (χ1n) is 6.47. The van der Waals surface area contributed by atoms with Gasteiger partial charge < -0.3 is 0 Å². The molecule has 3 rings (SSSR count). The van der Waals surface area contributed by atoms with Crippen molar-refractivity contribution in [3.63, 3.8) is 0 Å². The first-order valence-corrected chi connectivity index (χ1v) is 7.22. The van der Waals surface area contributed by atoms with Gasteiger partial charge in [0.1, 0.15) is 0 Å². The van der Waals surface area contributed by atoms with Gasteiger partial charge in [-0.05, 0) is 23.8 Å². The molecule has 0 fully saturated rings. The standard InChI is InChI=1S/C15H8Cl2N2O4/c16-9-2-1-8(13(17)5-9)7-18-14(20)11-4-3-10(19(22)23)6-12(11)15(18)21/h1-6H,7H2. The predicted octanol–water partition coefficient (Wildman–Crippen LogP) is 3.70. The van der Waals surface area contributed by atoms with Crippen molar-refractivity contribution in [2.45, 2.75) is 6.54 Å². The molecule has 0 N–H and O–H groups in total. The van der Waals surface area contributed by atoms with E-state index in [1.807, 2.05) is 0 Å². The molecule has 1 aliphatic heterocycles. The lowest BCUT2D eigenvalue weighted by molar-refractivity contribution is -0.384. The maximum atomic E-state index is 12.4. The molecule has 1 heterocycles. The van der Waals surface area contributed by atoms with Crippen LogP contribution in [0.3, 0.4) is 0 Å². The molecule has 0 spiro atoms. The fourth-order valence-corrected chi connectivity index (χ4v) is 2.82. The quantitative estimate of drug-likeness (QED) is 0.480. The maximum Gasteiger partial charge on any atom is 0.270 e. The van der Waals surface area contributed by atoms with Gasteiger partial charge in [0.15, 0.2) is 0 Å². The number of carbonyl (C=O) groups is 2. The number of halogens is 2. The number of nitrogens with zero attached hydrogens (tertiary/aromatic N) is 2. The molecule has 0 saturated carbocycles. The summed E-state index contributed by atoms with van der Waals surface area (Å²) in [5.41, 5.74) is 0.483. The normalized spacial score (nSPS) is 13.4. The molecule has 0 aliphatic carbocycles. The third-order valence-corrected chi connectivity index (χ3v) is 4.10. The van der Waals surface area contributed by atoms with Gasteiger partial charge in [-0.15, -0.1) is 0 Å². The topological polar surface area (TPSA) is 80.5 Å². The van der Waals surface area contributed by atoms with Crippen LogP contribution in [0.1, 0.15) is 26.3 Å².